The minimum absolute atomic E-state index is 0.590. The largest absolute Gasteiger partial charge is 0.353 e. The Morgan fingerprint density at radius 3 is 2.67 bits per heavy atom. The molecule has 4 rings (SSSR count). The van der Waals surface area contributed by atoms with Crippen LogP contribution in [-0.2, 0) is 5.41 Å². The average Bonchev–Trinajstić information content (AvgIpc) is 2.68. The van der Waals surface area contributed by atoms with Crippen LogP contribution in [0.4, 0.5) is 5.82 Å². The van der Waals surface area contributed by atoms with E-state index in [4.69, 9.17) is 4.98 Å². The van der Waals surface area contributed by atoms with E-state index < -0.39 is 5.41 Å². The minimum atomic E-state index is -0.590. The quantitative estimate of drug-likeness (QED) is 0.727. The van der Waals surface area contributed by atoms with Crippen LogP contribution >= 0.6 is 0 Å². The van der Waals surface area contributed by atoms with Crippen LogP contribution in [0.15, 0.2) is 54.9 Å². The molecule has 5 nitrogen and oxygen atoms in total. The molecular weight excluding hydrogens is 298 g/mol. The van der Waals surface area contributed by atoms with Crippen LogP contribution in [0.5, 0.6) is 0 Å². The number of aromatic nitrogens is 3. The smallest absolute Gasteiger partial charge is 0.147 e. The van der Waals surface area contributed by atoms with E-state index in [1.807, 2.05) is 42.5 Å². The Hall–Kier alpha value is -3.00. The minimum Gasteiger partial charge on any atom is -0.353 e. The number of anilines is 1. The first-order valence-corrected chi connectivity index (χ1v) is 8.10. The summed E-state index contributed by atoms with van der Waals surface area (Å²) >= 11 is 0. The van der Waals surface area contributed by atoms with E-state index in [0.29, 0.717) is 6.54 Å². The normalized spacial score (nSPS) is 20.7. The molecule has 1 aromatic carbocycles. The first-order valence-electron chi connectivity index (χ1n) is 8.10. The maximum Gasteiger partial charge on any atom is 0.147 e. The number of para-hydroxylation sites is 2. The molecule has 1 fully saturated rings. The molecule has 1 aliphatic rings. The van der Waals surface area contributed by atoms with Crippen molar-refractivity contribution in [2.24, 2.45) is 0 Å². The van der Waals surface area contributed by atoms with Crippen LogP contribution < -0.4 is 4.90 Å². The molecule has 118 valence electrons. The lowest BCUT2D eigenvalue weighted by molar-refractivity contribution is 0.414. The summed E-state index contributed by atoms with van der Waals surface area (Å²) in [6.45, 7) is 1.47. The van der Waals surface area contributed by atoms with E-state index in [-0.39, 0.29) is 0 Å². The number of rotatable bonds is 2. The van der Waals surface area contributed by atoms with Crippen LogP contribution in [0.1, 0.15) is 18.5 Å². The van der Waals surface area contributed by atoms with Crippen molar-refractivity contribution < 1.29 is 0 Å². The molecule has 2 aromatic heterocycles. The Morgan fingerprint density at radius 1 is 1.04 bits per heavy atom. The number of benzene rings is 1. The van der Waals surface area contributed by atoms with E-state index in [9.17, 15) is 5.26 Å². The number of hydrogen-bond acceptors (Lipinski definition) is 5. The van der Waals surface area contributed by atoms with E-state index in [1.165, 1.54) is 0 Å². The third-order valence-corrected chi connectivity index (χ3v) is 4.62. The lowest BCUT2D eigenvalue weighted by Gasteiger charge is -2.38. The molecule has 24 heavy (non-hydrogen) atoms. The number of pyridine rings is 1. The van der Waals surface area contributed by atoms with Crippen LogP contribution in [0.2, 0.25) is 0 Å². The average molecular weight is 315 g/mol. The summed E-state index contributed by atoms with van der Waals surface area (Å²) in [6.07, 6.45) is 5.30. The van der Waals surface area contributed by atoms with Gasteiger partial charge >= 0.3 is 0 Å². The maximum absolute atomic E-state index is 9.88. The van der Waals surface area contributed by atoms with Crippen LogP contribution in [0, 0.1) is 11.3 Å². The lowest BCUT2D eigenvalue weighted by atomic mass is 9.78. The van der Waals surface area contributed by atoms with Gasteiger partial charge in [-0.1, -0.05) is 18.2 Å². The predicted octanol–water partition coefficient (Wildman–Crippen LogP) is 3.09. The molecular formula is C19H17N5. The molecule has 0 N–H and O–H groups in total. The Kier molecular flexibility index (Phi) is 3.58. The molecule has 5 heteroatoms. The van der Waals surface area contributed by atoms with Crippen molar-refractivity contribution in [1.82, 2.24) is 15.0 Å². The van der Waals surface area contributed by atoms with Gasteiger partial charge in [0.05, 0.1) is 29.0 Å². The van der Waals surface area contributed by atoms with Crippen molar-refractivity contribution in [2.45, 2.75) is 18.3 Å². The number of piperidine rings is 1. The zero-order chi connectivity index (χ0) is 16.4. The van der Waals surface area contributed by atoms with Crippen LogP contribution in [0.25, 0.3) is 11.0 Å². The van der Waals surface area contributed by atoms with Gasteiger partial charge in [-0.15, -0.1) is 0 Å². The Bertz CT molecular complexity index is 902. The van der Waals surface area contributed by atoms with E-state index in [0.717, 1.165) is 41.9 Å². The summed E-state index contributed by atoms with van der Waals surface area (Å²) in [5.74, 6) is 0.823. The standard InChI is InChI=1S/C19H17N5/c20-13-19(17-8-3-4-10-21-17)9-5-11-24(14-19)18-12-22-15-6-1-2-7-16(15)23-18/h1-4,6-8,10,12H,5,9,11,14H2. The van der Waals surface area contributed by atoms with Gasteiger partial charge in [0.25, 0.3) is 0 Å². The van der Waals surface area contributed by atoms with Gasteiger partial charge < -0.3 is 4.90 Å². The predicted molar refractivity (Wildman–Crippen MR) is 92.5 cm³/mol. The summed E-state index contributed by atoms with van der Waals surface area (Å²) in [5.41, 5.74) is 2.01. The van der Waals surface area contributed by atoms with Gasteiger partial charge in [0.15, 0.2) is 0 Å². The molecule has 0 spiro atoms. The maximum atomic E-state index is 9.88. The highest BCUT2D eigenvalue weighted by Gasteiger charge is 2.39. The van der Waals surface area contributed by atoms with Gasteiger partial charge in [0.1, 0.15) is 11.2 Å². The highest BCUT2D eigenvalue weighted by atomic mass is 15.2. The fourth-order valence-electron chi connectivity index (χ4n) is 3.35. The van der Waals surface area contributed by atoms with Gasteiger partial charge in [-0.3, -0.25) is 9.97 Å². The fourth-order valence-corrected chi connectivity index (χ4v) is 3.35. The summed E-state index contributed by atoms with van der Waals surface area (Å²) in [4.78, 5) is 15.8. The van der Waals surface area contributed by atoms with Crippen molar-refractivity contribution in [3.05, 3.63) is 60.6 Å². The van der Waals surface area contributed by atoms with Gasteiger partial charge in [-0.25, -0.2) is 4.98 Å². The third kappa shape index (κ3) is 2.46. The van der Waals surface area contributed by atoms with Gasteiger partial charge in [-0.2, -0.15) is 5.26 Å². The van der Waals surface area contributed by atoms with Crippen LogP contribution in [-0.4, -0.2) is 28.0 Å². The lowest BCUT2D eigenvalue weighted by Crippen LogP contribution is -2.46. The van der Waals surface area contributed by atoms with Gasteiger partial charge in [-0.05, 0) is 37.1 Å². The first-order chi connectivity index (χ1) is 11.8. The molecule has 1 unspecified atom stereocenters. The molecule has 0 radical (unpaired) electrons. The molecule has 1 aliphatic heterocycles. The Labute approximate surface area is 140 Å². The number of hydrogen-bond donors (Lipinski definition) is 0. The van der Waals surface area contributed by atoms with Gasteiger partial charge in [0, 0.05) is 19.3 Å². The first kappa shape index (κ1) is 14.6. The number of nitriles is 1. The fraction of sp³-hybridized carbons (Fsp3) is 0.263. The van der Waals surface area contributed by atoms with E-state index >= 15 is 0 Å². The van der Waals surface area contributed by atoms with E-state index in [2.05, 4.69) is 20.9 Å². The van der Waals surface area contributed by atoms with Crippen molar-refractivity contribution in [3.8, 4) is 6.07 Å². The van der Waals surface area contributed by atoms with Crippen molar-refractivity contribution >= 4 is 16.9 Å². The summed E-state index contributed by atoms with van der Waals surface area (Å²) in [7, 11) is 0. The Balaban J connectivity index is 1.70. The Morgan fingerprint density at radius 2 is 1.88 bits per heavy atom. The zero-order valence-corrected chi connectivity index (χ0v) is 13.3. The highest BCUT2D eigenvalue weighted by Crippen LogP contribution is 2.34. The number of fused-ring (bicyclic) bond motifs is 1. The second-order valence-corrected chi connectivity index (χ2v) is 6.15. The van der Waals surface area contributed by atoms with Gasteiger partial charge in [0.2, 0.25) is 0 Å². The highest BCUT2D eigenvalue weighted by molar-refractivity contribution is 5.75. The zero-order valence-electron chi connectivity index (χ0n) is 13.3. The van der Waals surface area contributed by atoms with Crippen molar-refractivity contribution in [2.75, 3.05) is 18.0 Å². The molecule has 0 saturated carbocycles. The number of nitrogens with zero attached hydrogens (tertiary/aromatic N) is 5. The monoisotopic (exact) mass is 315 g/mol. The summed E-state index contributed by atoms with van der Waals surface area (Å²) in [5, 5.41) is 9.88. The molecule has 0 bridgehead atoms. The summed E-state index contributed by atoms with van der Waals surface area (Å²) < 4.78 is 0. The molecule has 0 aliphatic carbocycles. The molecule has 1 saturated heterocycles. The third-order valence-electron chi connectivity index (χ3n) is 4.62. The second-order valence-electron chi connectivity index (χ2n) is 6.15. The molecule has 3 heterocycles. The summed E-state index contributed by atoms with van der Waals surface area (Å²) in [6, 6.07) is 16.1. The second kappa shape index (κ2) is 5.89. The molecule has 3 aromatic rings. The molecule has 1 atom stereocenters. The molecule has 0 amide bonds. The topological polar surface area (TPSA) is 65.7 Å². The SMILES string of the molecule is N#CC1(c2ccccn2)CCCN(c2cnc3ccccc3n2)C1. The van der Waals surface area contributed by atoms with Crippen LogP contribution in [0.3, 0.4) is 0 Å². The van der Waals surface area contributed by atoms with Crippen molar-refractivity contribution in [3.63, 3.8) is 0 Å². The van der Waals surface area contributed by atoms with E-state index in [1.54, 1.807) is 12.4 Å². The van der Waals surface area contributed by atoms with Crippen molar-refractivity contribution in [1.29, 1.82) is 5.26 Å².